The smallest absolute Gasteiger partial charge is 0.497 e. The molecule has 0 radical (unpaired) electrons. The molecule has 10 heteroatoms. The number of carbonyl (C=O) groups is 2. The van der Waals surface area contributed by atoms with Crippen LogP contribution in [0.1, 0.15) is 20.8 Å². The van der Waals surface area contributed by atoms with E-state index in [0.717, 1.165) is 0 Å². The van der Waals surface area contributed by atoms with E-state index >= 15 is 0 Å². The molecule has 0 unspecified atom stereocenters. The molecule has 0 fully saturated rings. The van der Waals surface area contributed by atoms with Crippen LogP contribution in [0.15, 0.2) is 30.3 Å². The first-order valence-electron chi connectivity index (χ1n) is 10.5. The van der Waals surface area contributed by atoms with Crippen molar-refractivity contribution < 1.29 is 43.1 Å². The van der Waals surface area contributed by atoms with Gasteiger partial charge in [-0.3, -0.25) is 0 Å². The third-order valence-electron chi connectivity index (χ3n) is 4.67. The van der Waals surface area contributed by atoms with Crippen molar-refractivity contribution in [2.24, 2.45) is 0 Å². The number of rotatable bonds is 10. The summed E-state index contributed by atoms with van der Waals surface area (Å²) in [4.78, 5) is 26.4. The topological polar surface area (TPSA) is 126 Å². The Bertz CT molecular complexity index is 1180. The van der Waals surface area contributed by atoms with E-state index in [1.165, 1.54) is 14.2 Å². The third kappa shape index (κ3) is 5.45. The van der Waals surface area contributed by atoms with Crippen molar-refractivity contribution in [3.05, 3.63) is 30.3 Å². The minimum atomic E-state index is -1.15. The molecule has 0 saturated carbocycles. The largest absolute Gasteiger partial charge is 0.515 e. The first-order chi connectivity index (χ1) is 16.3. The van der Waals surface area contributed by atoms with Crippen LogP contribution >= 0.6 is 0 Å². The van der Waals surface area contributed by atoms with Gasteiger partial charge in [0.15, 0.2) is 18.1 Å². The average molecular weight is 473 g/mol. The van der Waals surface area contributed by atoms with Crippen LogP contribution in [0.3, 0.4) is 0 Å². The molecule has 0 aliphatic heterocycles. The van der Waals surface area contributed by atoms with E-state index in [-0.39, 0.29) is 24.3 Å². The molecule has 0 spiro atoms. The average Bonchev–Trinajstić information content (AvgIpc) is 3.12. The van der Waals surface area contributed by atoms with Crippen LogP contribution < -0.4 is 23.7 Å². The van der Waals surface area contributed by atoms with E-state index in [9.17, 15) is 9.59 Å². The molecule has 0 amide bonds. The number of carboxylic acids is 1. The molecule has 3 aromatic rings. The molecule has 34 heavy (non-hydrogen) atoms. The number of aromatic amines is 1. The van der Waals surface area contributed by atoms with E-state index in [0.29, 0.717) is 39.3 Å². The number of hydrogen-bond acceptors (Lipinski definition) is 8. The number of carbonyl (C=O) groups excluding carboxylic acids is 1. The Labute approximate surface area is 196 Å². The van der Waals surface area contributed by atoms with Crippen LogP contribution in [0.4, 0.5) is 4.79 Å². The van der Waals surface area contributed by atoms with Crippen LogP contribution in [0.25, 0.3) is 22.0 Å². The number of fused-ring (bicyclic) bond motifs is 1. The maximum atomic E-state index is 12.2. The zero-order valence-corrected chi connectivity index (χ0v) is 19.6. The second kappa shape index (κ2) is 10.7. The van der Waals surface area contributed by atoms with Crippen molar-refractivity contribution in [3.8, 4) is 40.0 Å². The van der Waals surface area contributed by atoms with E-state index in [1.54, 1.807) is 37.3 Å². The fourth-order valence-electron chi connectivity index (χ4n) is 3.35. The molecule has 0 aliphatic carbocycles. The first-order valence-corrected chi connectivity index (χ1v) is 10.5. The van der Waals surface area contributed by atoms with Crippen molar-refractivity contribution in [1.82, 2.24) is 4.98 Å². The zero-order valence-electron chi connectivity index (χ0n) is 19.6. The lowest BCUT2D eigenvalue weighted by molar-refractivity contribution is -0.139. The molecule has 0 atom stereocenters. The normalized spacial score (nSPS) is 10.8. The predicted octanol–water partition coefficient (Wildman–Crippen LogP) is 4.64. The van der Waals surface area contributed by atoms with Gasteiger partial charge >= 0.3 is 12.1 Å². The highest BCUT2D eigenvalue weighted by Crippen LogP contribution is 2.46. The first kappa shape index (κ1) is 24.6. The minimum absolute atomic E-state index is 0.0857. The van der Waals surface area contributed by atoms with Gasteiger partial charge in [0.1, 0.15) is 11.5 Å². The molecule has 0 saturated heterocycles. The number of carboxylic acid groups (broad SMARTS) is 1. The van der Waals surface area contributed by atoms with Crippen molar-refractivity contribution in [2.45, 2.75) is 26.9 Å². The highest BCUT2D eigenvalue weighted by Gasteiger charge is 2.24. The quantitative estimate of drug-likeness (QED) is 0.405. The monoisotopic (exact) mass is 473 g/mol. The zero-order chi connectivity index (χ0) is 24.8. The summed E-state index contributed by atoms with van der Waals surface area (Å²) in [7, 11) is 3.00. The summed E-state index contributed by atoms with van der Waals surface area (Å²) in [6.07, 6.45) is -1.00. The van der Waals surface area contributed by atoms with E-state index < -0.39 is 18.7 Å². The van der Waals surface area contributed by atoms with Crippen LogP contribution in [0, 0.1) is 0 Å². The number of aliphatic carboxylic acids is 1. The van der Waals surface area contributed by atoms with Crippen molar-refractivity contribution in [2.75, 3.05) is 27.4 Å². The number of hydrogen-bond donors (Lipinski definition) is 2. The second-order valence-corrected chi connectivity index (χ2v) is 7.37. The van der Waals surface area contributed by atoms with Gasteiger partial charge in [0.2, 0.25) is 5.88 Å². The summed E-state index contributed by atoms with van der Waals surface area (Å²) >= 11 is 0. The Hall–Kier alpha value is -4.08. The number of nitrogens with one attached hydrogen (secondary N) is 1. The Balaban J connectivity index is 2.26. The van der Waals surface area contributed by atoms with Gasteiger partial charge in [-0.1, -0.05) is 0 Å². The molecule has 2 N–H and O–H groups in total. The molecule has 3 rings (SSSR count). The van der Waals surface area contributed by atoms with Crippen LogP contribution in [0.5, 0.6) is 28.9 Å². The second-order valence-electron chi connectivity index (χ2n) is 7.37. The number of aromatic nitrogens is 1. The highest BCUT2D eigenvalue weighted by atomic mass is 16.7. The highest BCUT2D eigenvalue weighted by molar-refractivity contribution is 6.02. The standard InChI is InChI=1S/C24H27NO9/c1-6-31-24(28)34-23-22(15-8-7-14(29-4)9-18(15)32-12-21(26)27)16-10-19(30-5)20(33-13(2)3)11-17(16)25-23/h7-11,13,25H,6,12H2,1-5H3,(H,26,27). The predicted molar refractivity (Wildman–Crippen MR) is 123 cm³/mol. The summed E-state index contributed by atoms with van der Waals surface area (Å²) in [5, 5.41) is 9.74. The lowest BCUT2D eigenvalue weighted by Crippen LogP contribution is -2.11. The molecule has 0 aliphatic rings. The van der Waals surface area contributed by atoms with Crippen molar-refractivity contribution >= 4 is 23.0 Å². The molecule has 2 aromatic carbocycles. The summed E-state index contributed by atoms with van der Waals surface area (Å²) in [6, 6.07) is 8.39. The summed E-state index contributed by atoms with van der Waals surface area (Å²) in [5.41, 5.74) is 1.50. The van der Waals surface area contributed by atoms with Crippen LogP contribution in [-0.2, 0) is 9.53 Å². The molecular formula is C24H27NO9. The van der Waals surface area contributed by atoms with Gasteiger partial charge in [-0.05, 0) is 39.0 Å². The van der Waals surface area contributed by atoms with Gasteiger partial charge in [0, 0.05) is 23.1 Å². The maximum absolute atomic E-state index is 12.2. The number of benzene rings is 2. The Morgan fingerprint density at radius 2 is 1.79 bits per heavy atom. The fourth-order valence-corrected chi connectivity index (χ4v) is 3.35. The maximum Gasteiger partial charge on any atom is 0.515 e. The van der Waals surface area contributed by atoms with Gasteiger partial charge in [-0.25, -0.2) is 9.59 Å². The van der Waals surface area contributed by atoms with Gasteiger partial charge in [0.25, 0.3) is 0 Å². The lowest BCUT2D eigenvalue weighted by atomic mass is 10.0. The molecule has 1 aromatic heterocycles. The van der Waals surface area contributed by atoms with Gasteiger partial charge in [0.05, 0.1) is 38.0 Å². The van der Waals surface area contributed by atoms with Crippen LogP contribution in [0.2, 0.25) is 0 Å². The van der Waals surface area contributed by atoms with E-state index in [1.807, 2.05) is 13.8 Å². The van der Waals surface area contributed by atoms with Crippen molar-refractivity contribution in [1.29, 1.82) is 0 Å². The van der Waals surface area contributed by atoms with E-state index in [4.69, 9.17) is 33.5 Å². The summed E-state index contributed by atoms with van der Waals surface area (Å²) in [5.74, 6) is 0.582. The third-order valence-corrected chi connectivity index (χ3v) is 4.67. The Morgan fingerprint density at radius 3 is 2.41 bits per heavy atom. The van der Waals surface area contributed by atoms with Gasteiger partial charge in [-0.15, -0.1) is 0 Å². The number of H-pyrrole nitrogens is 1. The summed E-state index contributed by atoms with van der Waals surface area (Å²) in [6.45, 7) is 5.00. The van der Waals surface area contributed by atoms with Gasteiger partial charge < -0.3 is 38.5 Å². The fraction of sp³-hybridized carbons (Fsp3) is 0.333. The molecule has 182 valence electrons. The Morgan fingerprint density at radius 1 is 1.03 bits per heavy atom. The molecule has 10 nitrogen and oxygen atoms in total. The minimum Gasteiger partial charge on any atom is -0.497 e. The molecule has 0 bridgehead atoms. The van der Waals surface area contributed by atoms with Crippen LogP contribution in [-0.4, -0.2) is 55.8 Å². The summed E-state index contributed by atoms with van der Waals surface area (Å²) < 4.78 is 32.6. The SMILES string of the molecule is CCOC(=O)Oc1[nH]c2cc(OC(C)C)c(OC)cc2c1-c1ccc(OC)cc1OCC(=O)O. The van der Waals surface area contributed by atoms with Gasteiger partial charge in [-0.2, -0.15) is 0 Å². The number of methoxy groups -OCH3 is 2. The molecular weight excluding hydrogens is 446 g/mol. The Kier molecular flexibility index (Phi) is 7.72. The lowest BCUT2D eigenvalue weighted by Gasteiger charge is -2.15. The number of ether oxygens (including phenoxy) is 6. The molecule has 1 heterocycles. The van der Waals surface area contributed by atoms with E-state index in [2.05, 4.69) is 4.98 Å². The van der Waals surface area contributed by atoms with Crippen molar-refractivity contribution in [3.63, 3.8) is 0 Å².